The highest BCUT2D eigenvalue weighted by atomic mass is 15.3. The highest BCUT2D eigenvalue weighted by Gasteiger charge is 2.13. The van der Waals surface area contributed by atoms with Gasteiger partial charge in [0.25, 0.3) is 0 Å². The van der Waals surface area contributed by atoms with Crippen molar-refractivity contribution >= 4 is 0 Å². The van der Waals surface area contributed by atoms with Crippen molar-refractivity contribution in [3.8, 4) is 0 Å². The van der Waals surface area contributed by atoms with Crippen LogP contribution in [0.2, 0.25) is 0 Å². The highest BCUT2D eigenvalue weighted by Crippen LogP contribution is 2.14. The van der Waals surface area contributed by atoms with Gasteiger partial charge in [-0.2, -0.15) is 0 Å². The number of hydrogen-bond acceptors (Lipinski definition) is 2. The van der Waals surface area contributed by atoms with E-state index < -0.39 is 0 Å². The Morgan fingerprint density at radius 2 is 2.31 bits per heavy atom. The molecule has 2 heteroatoms. The van der Waals surface area contributed by atoms with Crippen molar-refractivity contribution in [3.63, 3.8) is 0 Å². The molecule has 0 bridgehead atoms. The smallest absolute Gasteiger partial charge is 0.0978 e. The number of nitrogens with zero attached hydrogens (tertiary/aromatic N) is 1. The molecule has 0 saturated heterocycles. The standard InChI is InChI=1S/C11H22N2/c1-4-10(2)6-5-7-11-12-8-9-13(11)3/h8-12H,4-7H2,1-3H3. The van der Waals surface area contributed by atoms with E-state index in [-0.39, 0.29) is 0 Å². The van der Waals surface area contributed by atoms with E-state index in [4.69, 9.17) is 0 Å². The van der Waals surface area contributed by atoms with Crippen LogP contribution in [-0.4, -0.2) is 18.1 Å². The van der Waals surface area contributed by atoms with E-state index >= 15 is 0 Å². The predicted octanol–water partition coefficient (Wildman–Crippen LogP) is 2.54. The van der Waals surface area contributed by atoms with Gasteiger partial charge < -0.3 is 10.2 Å². The Hall–Kier alpha value is -0.660. The van der Waals surface area contributed by atoms with Crippen molar-refractivity contribution in [3.05, 3.63) is 12.4 Å². The molecule has 1 aliphatic rings. The predicted molar refractivity (Wildman–Crippen MR) is 57.1 cm³/mol. The average Bonchev–Trinajstić information content (AvgIpc) is 2.52. The minimum Gasteiger partial charge on any atom is -0.370 e. The van der Waals surface area contributed by atoms with Crippen molar-refractivity contribution in [2.45, 2.75) is 45.7 Å². The SMILES string of the molecule is CCC(C)CCCC1NC=CN1C. The molecule has 0 fully saturated rings. The summed E-state index contributed by atoms with van der Waals surface area (Å²) < 4.78 is 0. The van der Waals surface area contributed by atoms with Crippen LogP contribution < -0.4 is 5.32 Å². The monoisotopic (exact) mass is 182 g/mol. The summed E-state index contributed by atoms with van der Waals surface area (Å²) in [5, 5.41) is 3.34. The van der Waals surface area contributed by atoms with Gasteiger partial charge in [-0.05, 0) is 18.8 Å². The van der Waals surface area contributed by atoms with Crippen molar-refractivity contribution in [1.29, 1.82) is 0 Å². The van der Waals surface area contributed by atoms with E-state index in [1.165, 1.54) is 25.7 Å². The van der Waals surface area contributed by atoms with Gasteiger partial charge in [0, 0.05) is 19.4 Å². The van der Waals surface area contributed by atoms with Gasteiger partial charge >= 0.3 is 0 Å². The zero-order valence-corrected chi connectivity index (χ0v) is 9.09. The van der Waals surface area contributed by atoms with Crippen LogP contribution in [0.5, 0.6) is 0 Å². The molecule has 0 aliphatic carbocycles. The van der Waals surface area contributed by atoms with Gasteiger partial charge in [0.05, 0.1) is 6.17 Å². The van der Waals surface area contributed by atoms with Gasteiger partial charge in [-0.3, -0.25) is 0 Å². The maximum Gasteiger partial charge on any atom is 0.0978 e. The molecule has 1 aliphatic heterocycles. The molecular formula is C11H22N2. The summed E-state index contributed by atoms with van der Waals surface area (Å²) in [6.07, 6.45) is 9.95. The average molecular weight is 182 g/mol. The summed E-state index contributed by atoms with van der Waals surface area (Å²) in [4.78, 5) is 2.25. The number of hydrogen-bond donors (Lipinski definition) is 1. The third-order valence-corrected chi connectivity index (χ3v) is 2.96. The lowest BCUT2D eigenvalue weighted by atomic mass is 10.0. The maximum absolute atomic E-state index is 3.34. The molecule has 1 rings (SSSR count). The lowest BCUT2D eigenvalue weighted by molar-refractivity contribution is 0.297. The van der Waals surface area contributed by atoms with Gasteiger partial charge in [0.1, 0.15) is 0 Å². The molecule has 0 saturated carbocycles. The molecule has 0 radical (unpaired) electrons. The number of rotatable bonds is 5. The van der Waals surface area contributed by atoms with Gasteiger partial charge in [0.15, 0.2) is 0 Å². The Labute approximate surface area is 82.0 Å². The first-order chi connectivity index (χ1) is 6.24. The molecule has 2 atom stereocenters. The first-order valence-electron chi connectivity index (χ1n) is 5.38. The second kappa shape index (κ2) is 5.15. The van der Waals surface area contributed by atoms with Gasteiger partial charge in [-0.25, -0.2) is 0 Å². The second-order valence-electron chi connectivity index (χ2n) is 4.11. The zero-order valence-electron chi connectivity index (χ0n) is 9.09. The fourth-order valence-electron chi connectivity index (χ4n) is 1.64. The molecule has 1 N–H and O–H groups in total. The van der Waals surface area contributed by atoms with Gasteiger partial charge in [-0.1, -0.05) is 26.7 Å². The zero-order chi connectivity index (χ0) is 9.68. The van der Waals surface area contributed by atoms with Gasteiger partial charge in [0.2, 0.25) is 0 Å². The van der Waals surface area contributed by atoms with E-state index in [0.29, 0.717) is 6.17 Å². The summed E-state index contributed by atoms with van der Waals surface area (Å²) in [6.45, 7) is 4.61. The van der Waals surface area contributed by atoms with E-state index in [0.717, 1.165) is 5.92 Å². The summed E-state index contributed by atoms with van der Waals surface area (Å²) >= 11 is 0. The molecule has 13 heavy (non-hydrogen) atoms. The van der Waals surface area contributed by atoms with Crippen molar-refractivity contribution in [2.24, 2.45) is 5.92 Å². The second-order valence-corrected chi connectivity index (χ2v) is 4.11. The molecule has 0 aromatic carbocycles. The summed E-state index contributed by atoms with van der Waals surface area (Å²) in [5.41, 5.74) is 0. The molecule has 2 nitrogen and oxygen atoms in total. The van der Waals surface area contributed by atoms with Crippen LogP contribution in [0.1, 0.15) is 39.5 Å². The summed E-state index contributed by atoms with van der Waals surface area (Å²) in [7, 11) is 2.13. The molecule has 76 valence electrons. The molecule has 2 unspecified atom stereocenters. The lowest BCUT2D eigenvalue weighted by Crippen LogP contribution is -2.32. The maximum atomic E-state index is 3.34. The minimum absolute atomic E-state index is 0.545. The van der Waals surface area contributed by atoms with Crippen LogP contribution in [0.4, 0.5) is 0 Å². The Bertz CT molecular complexity index is 165. The Morgan fingerprint density at radius 1 is 1.54 bits per heavy atom. The van der Waals surface area contributed by atoms with Crippen molar-refractivity contribution < 1.29 is 0 Å². The molecule has 0 amide bonds. The van der Waals surface area contributed by atoms with Crippen LogP contribution >= 0.6 is 0 Å². The summed E-state index contributed by atoms with van der Waals surface area (Å²) in [6, 6.07) is 0. The summed E-state index contributed by atoms with van der Waals surface area (Å²) in [5.74, 6) is 0.889. The number of nitrogens with one attached hydrogen (secondary N) is 1. The largest absolute Gasteiger partial charge is 0.370 e. The topological polar surface area (TPSA) is 15.3 Å². The van der Waals surface area contributed by atoms with Crippen LogP contribution in [0, 0.1) is 5.92 Å². The van der Waals surface area contributed by atoms with Gasteiger partial charge in [-0.15, -0.1) is 0 Å². The quantitative estimate of drug-likeness (QED) is 0.703. The van der Waals surface area contributed by atoms with Crippen molar-refractivity contribution in [1.82, 2.24) is 10.2 Å². The van der Waals surface area contributed by atoms with Crippen LogP contribution in [0.3, 0.4) is 0 Å². The van der Waals surface area contributed by atoms with E-state index in [1.807, 2.05) is 6.20 Å². The molecule has 0 spiro atoms. The van der Waals surface area contributed by atoms with E-state index in [1.54, 1.807) is 0 Å². The Kier molecular flexibility index (Phi) is 4.13. The normalized spacial score (nSPS) is 23.3. The fourth-order valence-corrected chi connectivity index (χ4v) is 1.64. The highest BCUT2D eigenvalue weighted by molar-refractivity contribution is 4.91. The first kappa shape index (κ1) is 10.4. The third-order valence-electron chi connectivity index (χ3n) is 2.96. The molecule has 0 aromatic heterocycles. The Balaban J connectivity index is 2.06. The first-order valence-corrected chi connectivity index (χ1v) is 5.38. The third kappa shape index (κ3) is 3.29. The van der Waals surface area contributed by atoms with E-state index in [9.17, 15) is 0 Å². The molecule has 0 aromatic rings. The lowest BCUT2D eigenvalue weighted by Gasteiger charge is -2.21. The van der Waals surface area contributed by atoms with E-state index in [2.05, 4.69) is 37.3 Å². The molecule has 1 heterocycles. The minimum atomic E-state index is 0.545. The van der Waals surface area contributed by atoms with Crippen LogP contribution in [-0.2, 0) is 0 Å². The van der Waals surface area contributed by atoms with Crippen LogP contribution in [0.25, 0.3) is 0 Å². The van der Waals surface area contributed by atoms with Crippen molar-refractivity contribution in [2.75, 3.05) is 7.05 Å². The molecular weight excluding hydrogens is 160 g/mol. The van der Waals surface area contributed by atoms with Crippen LogP contribution in [0.15, 0.2) is 12.4 Å². The fraction of sp³-hybridized carbons (Fsp3) is 0.818. The Morgan fingerprint density at radius 3 is 2.85 bits per heavy atom.